The molecule has 0 saturated carbocycles. The smallest absolute Gasteiger partial charge is 0.343 e. The first-order chi connectivity index (χ1) is 12.5. The van der Waals surface area contributed by atoms with E-state index >= 15 is 0 Å². The number of carbonyl (C=O) groups is 1. The highest BCUT2D eigenvalue weighted by Gasteiger charge is 2.43. The van der Waals surface area contributed by atoms with Crippen LogP contribution in [0.4, 0.5) is 4.39 Å². The summed E-state index contributed by atoms with van der Waals surface area (Å²) < 4.78 is 24.4. The maximum Gasteiger partial charge on any atom is 0.343 e. The molecule has 0 radical (unpaired) electrons. The lowest BCUT2D eigenvalue weighted by Gasteiger charge is -2.18. The molecule has 26 heavy (non-hydrogen) atoms. The summed E-state index contributed by atoms with van der Waals surface area (Å²) in [6, 6.07) is 16.1. The topological polar surface area (TPSA) is 56.5 Å². The zero-order valence-electron chi connectivity index (χ0n) is 13.9. The van der Waals surface area contributed by atoms with Gasteiger partial charge in [-0.05, 0) is 24.6 Å². The monoisotopic (exact) mass is 350 g/mol. The molecule has 2 aromatic carbocycles. The first-order valence-corrected chi connectivity index (χ1v) is 8.20. The van der Waals surface area contributed by atoms with E-state index in [2.05, 4.69) is 0 Å². The minimum atomic E-state index is -0.914. The first kappa shape index (κ1) is 16.3. The van der Waals surface area contributed by atoms with Crippen LogP contribution in [-0.2, 0) is 0 Å². The number of carbonyl (C=O) groups excluding carboxylic acids is 1. The first-order valence-electron chi connectivity index (χ1n) is 8.20. The van der Waals surface area contributed by atoms with Crippen LogP contribution in [0.3, 0.4) is 0 Å². The predicted octanol–water partition coefficient (Wildman–Crippen LogP) is 3.86. The summed E-state index contributed by atoms with van der Waals surface area (Å²) in [6.45, 7) is 1.64. The van der Waals surface area contributed by atoms with Gasteiger partial charge in [-0.1, -0.05) is 42.5 Å². The number of hydrogen-bond donors (Lipinski definition) is 0. The van der Waals surface area contributed by atoms with Crippen molar-refractivity contribution in [2.24, 2.45) is 0 Å². The zero-order valence-corrected chi connectivity index (χ0v) is 13.9. The van der Waals surface area contributed by atoms with Crippen molar-refractivity contribution in [2.45, 2.75) is 18.9 Å². The summed E-state index contributed by atoms with van der Waals surface area (Å²) in [7, 11) is 0. The second-order valence-electron chi connectivity index (χ2n) is 6.22. The van der Waals surface area contributed by atoms with Gasteiger partial charge in [-0.15, -0.1) is 0 Å². The van der Waals surface area contributed by atoms with Gasteiger partial charge in [0.05, 0.1) is 11.5 Å². The quantitative estimate of drug-likeness (QED) is 0.673. The van der Waals surface area contributed by atoms with E-state index in [1.807, 2.05) is 6.07 Å². The molecule has 0 amide bonds. The predicted molar refractivity (Wildman–Crippen MR) is 93.1 cm³/mol. The second-order valence-corrected chi connectivity index (χ2v) is 6.22. The number of rotatable bonds is 3. The van der Waals surface area contributed by atoms with Gasteiger partial charge in [0, 0.05) is 11.6 Å². The number of benzene rings is 2. The van der Waals surface area contributed by atoms with Crippen molar-refractivity contribution in [1.82, 2.24) is 0 Å². The molecule has 1 aliphatic heterocycles. The van der Waals surface area contributed by atoms with Crippen LogP contribution in [-0.4, -0.2) is 11.9 Å². The summed E-state index contributed by atoms with van der Waals surface area (Å²) in [5.41, 5.74) is 0.850. The van der Waals surface area contributed by atoms with Crippen molar-refractivity contribution < 1.29 is 18.3 Å². The molecule has 2 unspecified atom stereocenters. The van der Waals surface area contributed by atoms with E-state index in [0.29, 0.717) is 22.6 Å². The number of halogens is 1. The van der Waals surface area contributed by atoms with Crippen LogP contribution in [0.1, 0.15) is 33.2 Å². The van der Waals surface area contributed by atoms with E-state index in [9.17, 15) is 14.0 Å². The van der Waals surface area contributed by atoms with Gasteiger partial charge >= 0.3 is 5.63 Å². The molecule has 1 aliphatic rings. The molecule has 3 aromatic rings. The highest BCUT2D eigenvalue weighted by Crippen LogP contribution is 2.41. The second kappa shape index (κ2) is 6.26. The molecule has 0 aliphatic carbocycles. The molecule has 130 valence electrons. The van der Waals surface area contributed by atoms with Crippen LogP contribution < -0.4 is 10.4 Å². The third-order valence-corrected chi connectivity index (χ3v) is 4.49. The summed E-state index contributed by atoms with van der Waals surface area (Å²) in [5, 5.41) is 0. The largest absolute Gasteiger partial charge is 0.481 e. The number of ketones is 1. The molecule has 2 heterocycles. The molecule has 4 rings (SSSR count). The van der Waals surface area contributed by atoms with Crippen molar-refractivity contribution in [2.75, 3.05) is 0 Å². The van der Waals surface area contributed by atoms with Crippen molar-refractivity contribution in [3.8, 4) is 5.75 Å². The number of aryl methyl sites for hydroxylation is 1. The van der Waals surface area contributed by atoms with Crippen molar-refractivity contribution in [3.05, 3.63) is 99.4 Å². The van der Waals surface area contributed by atoms with Gasteiger partial charge in [0.25, 0.3) is 0 Å². The lowest BCUT2D eigenvalue weighted by molar-refractivity contribution is 0.0806. The van der Waals surface area contributed by atoms with Crippen LogP contribution in [0.2, 0.25) is 0 Å². The average Bonchev–Trinajstić information content (AvgIpc) is 3.02. The van der Waals surface area contributed by atoms with E-state index in [4.69, 9.17) is 9.15 Å². The van der Waals surface area contributed by atoms with Gasteiger partial charge in [0.1, 0.15) is 17.3 Å². The minimum absolute atomic E-state index is 0.242. The van der Waals surface area contributed by atoms with E-state index in [0.717, 1.165) is 0 Å². The lowest BCUT2D eigenvalue weighted by atomic mass is 9.85. The van der Waals surface area contributed by atoms with Crippen LogP contribution in [0.5, 0.6) is 5.75 Å². The van der Waals surface area contributed by atoms with E-state index in [1.54, 1.807) is 49.4 Å². The van der Waals surface area contributed by atoms with Gasteiger partial charge in [-0.2, -0.15) is 0 Å². The van der Waals surface area contributed by atoms with Crippen LogP contribution in [0.15, 0.2) is 69.9 Å². The van der Waals surface area contributed by atoms with Crippen LogP contribution in [0, 0.1) is 12.7 Å². The summed E-state index contributed by atoms with van der Waals surface area (Å²) in [6.07, 6.45) is -0.914. The summed E-state index contributed by atoms with van der Waals surface area (Å²) in [4.78, 5) is 25.5. The molecule has 2 atom stereocenters. The zero-order chi connectivity index (χ0) is 18.3. The normalized spacial score (nSPS) is 18.2. The van der Waals surface area contributed by atoms with Gasteiger partial charge in [0.15, 0.2) is 6.10 Å². The van der Waals surface area contributed by atoms with Gasteiger partial charge in [-0.3, -0.25) is 4.79 Å². The molecule has 0 fully saturated rings. The van der Waals surface area contributed by atoms with E-state index in [1.165, 1.54) is 12.1 Å². The Morgan fingerprint density at radius 1 is 1.04 bits per heavy atom. The Bertz CT molecular complexity index is 1020. The van der Waals surface area contributed by atoms with Crippen molar-refractivity contribution in [3.63, 3.8) is 0 Å². The Morgan fingerprint density at radius 3 is 2.42 bits per heavy atom. The maximum atomic E-state index is 13.3. The Labute approximate surface area is 148 Å². The van der Waals surface area contributed by atoms with E-state index < -0.39 is 23.5 Å². The Kier molecular flexibility index (Phi) is 3.92. The highest BCUT2D eigenvalue weighted by atomic mass is 19.1. The molecule has 0 bridgehead atoms. The fourth-order valence-corrected chi connectivity index (χ4v) is 3.31. The molecule has 0 N–H and O–H groups in total. The van der Waals surface area contributed by atoms with Gasteiger partial charge < -0.3 is 9.15 Å². The van der Waals surface area contributed by atoms with E-state index in [-0.39, 0.29) is 11.3 Å². The molecule has 0 saturated heterocycles. The minimum Gasteiger partial charge on any atom is -0.481 e. The third-order valence-electron chi connectivity index (χ3n) is 4.49. The molecular formula is C21H15FO4. The number of ether oxygens (including phenoxy) is 1. The highest BCUT2D eigenvalue weighted by molar-refractivity contribution is 6.01. The Morgan fingerprint density at radius 2 is 1.73 bits per heavy atom. The molecule has 0 spiro atoms. The number of Topliss-reactive ketones (excluding diaryl/α,β-unsaturated/α-hetero) is 1. The van der Waals surface area contributed by atoms with Gasteiger partial charge in [0.2, 0.25) is 5.78 Å². The standard InChI is InChI=1S/C21H15FO4/c1-12-11-16-18(21(24)25-12)17(13-7-9-15(22)10-8-13)20(26-16)19(23)14-5-3-2-4-6-14/h2-11,17,20H,1H3. The number of fused-ring (bicyclic) bond motifs is 1. The van der Waals surface area contributed by atoms with Crippen molar-refractivity contribution in [1.29, 1.82) is 0 Å². The summed E-state index contributed by atoms with van der Waals surface area (Å²) in [5.74, 6) is -0.556. The molecular weight excluding hydrogens is 335 g/mol. The Hall–Kier alpha value is -3.21. The lowest BCUT2D eigenvalue weighted by Crippen LogP contribution is -2.31. The molecule has 5 heteroatoms. The maximum absolute atomic E-state index is 13.3. The van der Waals surface area contributed by atoms with Crippen molar-refractivity contribution >= 4 is 5.78 Å². The third kappa shape index (κ3) is 2.71. The fourth-order valence-electron chi connectivity index (χ4n) is 3.31. The SMILES string of the molecule is Cc1cc2c(c(=O)o1)C(c1ccc(F)cc1)C(C(=O)c1ccccc1)O2. The fraction of sp³-hybridized carbons (Fsp3) is 0.143. The molecule has 1 aromatic heterocycles. The number of hydrogen-bond acceptors (Lipinski definition) is 4. The van der Waals surface area contributed by atoms with Crippen LogP contribution >= 0.6 is 0 Å². The summed E-state index contributed by atoms with van der Waals surface area (Å²) >= 11 is 0. The Balaban J connectivity index is 1.86. The average molecular weight is 350 g/mol. The van der Waals surface area contributed by atoms with Crippen LogP contribution in [0.25, 0.3) is 0 Å². The molecule has 4 nitrogen and oxygen atoms in total. The van der Waals surface area contributed by atoms with Gasteiger partial charge in [-0.25, -0.2) is 9.18 Å².